The van der Waals surface area contributed by atoms with Gasteiger partial charge in [0.2, 0.25) is 0 Å². The van der Waals surface area contributed by atoms with Crippen LogP contribution >= 0.6 is 0 Å². The number of hydrogen-bond donors (Lipinski definition) is 4. The van der Waals surface area contributed by atoms with Gasteiger partial charge in [0.05, 0.1) is 11.1 Å². The van der Waals surface area contributed by atoms with Crippen LogP contribution in [-0.2, 0) is 12.4 Å². The number of anilines is 4. The van der Waals surface area contributed by atoms with E-state index < -0.39 is 23.5 Å². The number of nitrogens with one attached hydrogen (secondary N) is 2. The van der Waals surface area contributed by atoms with Crippen LogP contribution in [0.1, 0.15) is 66.7 Å². The van der Waals surface area contributed by atoms with Crippen molar-refractivity contribution in [3.05, 3.63) is 301 Å². The number of hydrogen-bond acceptors (Lipinski definition) is 4. The molecule has 0 aliphatic carbocycles. The van der Waals surface area contributed by atoms with Gasteiger partial charge in [-0.2, -0.15) is 26.3 Å². The van der Waals surface area contributed by atoms with Crippen molar-refractivity contribution in [3.63, 3.8) is 0 Å². The first-order valence-corrected chi connectivity index (χ1v) is 24.3. The van der Waals surface area contributed by atoms with Gasteiger partial charge in [-0.15, -0.1) is 0 Å². The fraction of sp³-hybridized carbons (Fsp3) is 0.104. The van der Waals surface area contributed by atoms with Crippen LogP contribution in [0, 0.1) is 0 Å². The number of halogens is 6. The number of para-hydroxylation sites is 4. The summed E-state index contributed by atoms with van der Waals surface area (Å²) in [5, 5.41) is 11.9. The van der Waals surface area contributed by atoms with Crippen molar-refractivity contribution in [1.82, 2.24) is 0 Å². The summed E-state index contributed by atoms with van der Waals surface area (Å²) < 4.78 is 73.3. The van der Waals surface area contributed by atoms with Crippen LogP contribution in [0.15, 0.2) is 268 Å². The summed E-state index contributed by atoms with van der Waals surface area (Å²) in [6.45, 7) is 11.3. The average molecular weight is 1040 g/mol. The van der Waals surface area contributed by atoms with E-state index in [1.165, 1.54) is 63.0 Å². The van der Waals surface area contributed by atoms with E-state index in [-0.39, 0.29) is 13.5 Å². The van der Waals surface area contributed by atoms with Gasteiger partial charge in [-0.05, 0) is 143 Å². The molecular formula is C67H66F6N4. The molecule has 0 aromatic heterocycles. The number of nitrogen functional groups attached to an aromatic ring is 2. The van der Waals surface area contributed by atoms with E-state index >= 15 is 0 Å². The Morgan fingerprint density at radius 3 is 1.05 bits per heavy atom. The Bertz CT molecular complexity index is 3200. The van der Waals surface area contributed by atoms with Gasteiger partial charge in [-0.3, -0.25) is 0 Å². The number of rotatable bonds is 8. The fourth-order valence-electron chi connectivity index (χ4n) is 7.22. The molecule has 0 amide bonds. The molecule has 10 rings (SSSR count). The third-order valence-electron chi connectivity index (χ3n) is 11.4. The van der Waals surface area contributed by atoms with Crippen LogP contribution in [0.3, 0.4) is 0 Å². The smallest absolute Gasteiger partial charge is 0.399 e. The zero-order valence-corrected chi connectivity index (χ0v) is 42.4. The van der Waals surface area contributed by atoms with E-state index in [1.54, 1.807) is 0 Å². The van der Waals surface area contributed by atoms with Crippen LogP contribution in [-0.4, -0.2) is 0 Å². The molecule has 0 fully saturated rings. The van der Waals surface area contributed by atoms with E-state index in [2.05, 4.69) is 140 Å². The largest absolute Gasteiger partial charge is 0.416 e. The lowest BCUT2D eigenvalue weighted by Crippen LogP contribution is -2.08. The second-order valence-corrected chi connectivity index (χ2v) is 17.1. The van der Waals surface area contributed by atoms with Gasteiger partial charge < -0.3 is 22.1 Å². The van der Waals surface area contributed by atoms with Crippen LogP contribution in [0.2, 0.25) is 0 Å². The molecule has 0 saturated heterocycles. The van der Waals surface area contributed by atoms with Crippen molar-refractivity contribution in [1.29, 1.82) is 0 Å². The molecule has 0 aliphatic heterocycles. The predicted molar refractivity (Wildman–Crippen MR) is 316 cm³/mol. The van der Waals surface area contributed by atoms with E-state index in [4.69, 9.17) is 11.5 Å². The van der Waals surface area contributed by atoms with Gasteiger partial charge in [0.15, 0.2) is 0 Å². The summed E-state index contributed by atoms with van der Waals surface area (Å²) in [6, 6.07) is 79.0. The highest BCUT2D eigenvalue weighted by atomic mass is 19.4. The van der Waals surface area contributed by atoms with Crippen molar-refractivity contribution in [3.8, 4) is 0 Å². The molecule has 0 saturated carbocycles. The van der Waals surface area contributed by atoms with Gasteiger partial charge in [0.1, 0.15) is 0 Å². The standard InChI is InChI=1S/C18H17N.C15H14F3N.C12H10.C9H7F3.2C6H7N.CH4/c1-14(19-18-9-3-2-4-10-18)16-12-11-15-7-5-6-8-17(15)13-16;1-11(19-14-5-3-2-4-6-14)12-7-9-13(10-8-12)15(16,17)18;1-2-10-7-8-11-5-3-4-6-12(11)9-10;1-2-7-3-5-8(6-4-7)9(10,11)12;2*7-6-4-2-1-3-5-6;/h2-14,19H,1H3;2-11,19H,1H3;2-9H,1H2;2-6H,1H2;2*1-5H,7H2;1H4. The van der Waals surface area contributed by atoms with Gasteiger partial charge >= 0.3 is 12.4 Å². The molecule has 0 bridgehead atoms. The van der Waals surface area contributed by atoms with Crippen molar-refractivity contribution in [2.24, 2.45) is 0 Å². The zero-order chi connectivity index (χ0) is 54.8. The van der Waals surface area contributed by atoms with Gasteiger partial charge in [-0.1, -0.05) is 203 Å². The minimum atomic E-state index is -4.28. The maximum absolute atomic E-state index is 12.5. The lowest BCUT2D eigenvalue weighted by atomic mass is 10.0. The highest BCUT2D eigenvalue weighted by Crippen LogP contribution is 2.31. The van der Waals surface area contributed by atoms with E-state index in [9.17, 15) is 26.3 Å². The third-order valence-corrected chi connectivity index (χ3v) is 11.4. The lowest BCUT2D eigenvalue weighted by Gasteiger charge is -2.16. The first-order chi connectivity index (χ1) is 36.5. The summed E-state index contributed by atoms with van der Waals surface area (Å²) in [5.41, 5.74) is 17.2. The Morgan fingerprint density at radius 2 is 0.675 bits per heavy atom. The van der Waals surface area contributed by atoms with E-state index in [0.29, 0.717) is 11.6 Å². The second kappa shape index (κ2) is 31.0. The lowest BCUT2D eigenvalue weighted by molar-refractivity contribution is -0.138. The maximum atomic E-state index is 12.5. The molecule has 2 unspecified atom stereocenters. The van der Waals surface area contributed by atoms with Crippen molar-refractivity contribution >= 4 is 56.4 Å². The molecule has 2 atom stereocenters. The summed E-state index contributed by atoms with van der Waals surface area (Å²) in [7, 11) is 0. The summed E-state index contributed by atoms with van der Waals surface area (Å²) in [4.78, 5) is 0. The minimum Gasteiger partial charge on any atom is -0.399 e. The highest BCUT2D eigenvalue weighted by molar-refractivity contribution is 5.85. The first-order valence-electron chi connectivity index (χ1n) is 24.3. The fourth-order valence-corrected chi connectivity index (χ4v) is 7.22. The molecule has 10 heteroatoms. The average Bonchev–Trinajstić information content (AvgIpc) is 3.44. The van der Waals surface area contributed by atoms with Gasteiger partial charge in [-0.25, -0.2) is 0 Å². The molecule has 4 nitrogen and oxygen atoms in total. The molecular weight excluding hydrogens is 975 g/mol. The van der Waals surface area contributed by atoms with Crippen LogP contribution in [0.25, 0.3) is 33.7 Å². The van der Waals surface area contributed by atoms with E-state index in [0.717, 1.165) is 52.6 Å². The van der Waals surface area contributed by atoms with E-state index in [1.807, 2.05) is 110 Å². The van der Waals surface area contributed by atoms with Crippen molar-refractivity contribution in [2.75, 3.05) is 22.1 Å². The quantitative estimate of drug-likeness (QED) is 0.0904. The summed E-state index contributed by atoms with van der Waals surface area (Å²) >= 11 is 0. The molecule has 10 aromatic carbocycles. The molecule has 77 heavy (non-hydrogen) atoms. The number of fused-ring (bicyclic) bond motifs is 2. The van der Waals surface area contributed by atoms with Crippen LogP contribution in [0.4, 0.5) is 49.1 Å². The number of alkyl halides is 6. The Hall–Kier alpha value is -9.02. The van der Waals surface area contributed by atoms with Crippen molar-refractivity contribution in [2.45, 2.75) is 45.7 Å². The zero-order valence-electron chi connectivity index (χ0n) is 42.4. The third kappa shape index (κ3) is 21.4. The SMILES string of the molecule is C.C=Cc1ccc(C(F)(F)F)cc1.C=Cc1ccc2ccccc2c1.CC(Nc1ccccc1)c1ccc(C(F)(F)F)cc1.CC(Nc1ccccc1)c1ccc2ccccc2c1.Nc1ccccc1.Nc1ccccc1. The molecule has 0 spiro atoms. The molecule has 10 aromatic rings. The summed E-state index contributed by atoms with van der Waals surface area (Å²) in [5.74, 6) is 0. The molecule has 396 valence electrons. The monoisotopic (exact) mass is 1040 g/mol. The predicted octanol–water partition coefficient (Wildman–Crippen LogP) is 19.9. The van der Waals surface area contributed by atoms with Crippen LogP contribution in [0.5, 0.6) is 0 Å². The van der Waals surface area contributed by atoms with Gasteiger partial charge in [0, 0.05) is 34.8 Å². The Balaban J connectivity index is 0.000000207. The summed E-state index contributed by atoms with van der Waals surface area (Å²) in [6.07, 6.45) is -5.17. The molecule has 0 aliphatic rings. The Kier molecular flexibility index (Phi) is 24.4. The normalized spacial score (nSPS) is 11.1. The topological polar surface area (TPSA) is 76.1 Å². The molecule has 0 heterocycles. The Labute approximate surface area is 450 Å². The number of nitrogens with two attached hydrogens (primary N) is 2. The molecule has 0 radical (unpaired) electrons. The Morgan fingerprint density at radius 1 is 0.364 bits per heavy atom. The number of benzene rings is 10. The first kappa shape index (κ1) is 60.5. The second-order valence-electron chi connectivity index (χ2n) is 17.1. The highest BCUT2D eigenvalue weighted by Gasteiger charge is 2.30. The van der Waals surface area contributed by atoms with Crippen LogP contribution < -0.4 is 22.1 Å². The van der Waals surface area contributed by atoms with Crippen molar-refractivity contribution < 1.29 is 26.3 Å². The maximum Gasteiger partial charge on any atom is 0.416 e. The molecule has 6 N–H and O–H groups in total. The minimum absolute atomic E-state index is 0. The van der Waals surface area contributed by atoms with Gasteiger partial charge in [0.25, 0.3) is 0 Å².